The number of phenols is 1. The van der Waals surface area contributed by atoms with Gasteiger partial charge in [-0.2, -0.15) is 0 Å². The van der Waals surface area contributed by atoms with Crippen LogP contribution in [-0.2, 0) is 11.3 Å². The molecule has 2 N–H and O–H groups in total. The first kappa shape index (κ1) is 15.5. The molecule has 0 atom stereocenters. The Bertz CT molecular complexity index is 820. The van der Waals surface area contributed by atoms with Crippen LogP contribution in [0, 0.1) is 0 Å². The summed E-state index contributed by atoms with van der Waals surface area (Å²) in [6, 6.07) is 14.0. The second-order valence-corrected chi connectivity index (χ2v) is 5.86. The zero-order valence-electron chi connectivity index (χ0n) is 12.0. The zero-order valence-corrected chi connectivity index (χ0v) is 13.6. The average molecular weight is 345 g/mol. The summed E-state index contributed by atoms with van der Waals surface area (Å²) in [5.41, 5.74) is 1.90. The van der Waals surface area contributed by atoms with Gasteiger partial charge in [-0.1, -0.05) is 41.9 Å². The Labute approximate surface area is 144 Å². The molecule has 0 aromatic heterocycles. The van der Waals surface area contributed by atoms with Crippen molar-refractivity contribution in [3.8, 4) is 5.75 Å². The molecule has 6 heteroatoms. The molecule has 0 bridgehead atoms. The van der Waals surface area contributed by atoms with Crippen molar-refractivity contribution in [1.29, 1.82) is 0 Å². The van der Waals surface area contributed by atoms with Crippen LogP contribution in [0.3, 0.4) is 0 Å². The molecule has 0 saturated carbocycles. The van der Waals surface area contributed by atoms with Crippen molar-refractivity contribution >= 4 is 40.9 Å². The molecule has 1 fully saturated rings. The molecule has 1 aliphatic rings. The van der Waals surface area contributed by atoms with Crippen molar-refractivity contribution in [3.05, 3.63) is 70.4 Å². The van der Waals surface area contributed by atoms with Gasteiger partial charge >= 0.3 is 0 Å². The first-order valence-electron chi connectivity index (χ1n) is 6.91. The molecule has 2 aromatic rings. The van der Waals surface area contributed by atoms with Crippen LogP contribution in [0.25, 0.3) is 6.08 Å². The quantitative estimate of drug-likeness (QED) is 0.662. The topological polar surface area (TPSA) is 52.6 Å². The smallest absolute Gasteiger partial charge is 0.276 e. The van der Waals surface area contributed by atoms with Crippen LogP contribution in [0.1, 0.15) is 11.1 Å². The maximum atomic E-state index is 12.5. The predicted molar refractivity (Wildman–Crippen MR) is 93.8 cm³/mol. The normalized spacial score (nSPS) is 16.0. The summed E-state index contributed by atoms with van der Waals surface area (Å²) < 4.78 is 0. The lowest BCUT2D eigenvalue weighted by atomic mass is 10.1. The zero-order chi connectivity index (χ0) is 16.4. The van der Waals surface area contributed by atoms with Crippen LogP contribution < -0.4 is 5.32 Å². The molecule has 2 aromatic carbocycles. The Morgan fingerprint density at radius 3 is 2.74 bits per heavy atom. The van der Waals surface area contributed by atoms with Crippen molar-refractivity contribution in [2.45, 2.75) is 6.54 Å². The lowest BCUT2D eigenvalue weighted by molar-refractivity contribution is -0.122. The third-order valence-electron chi connectivity index (χ3n) is 3.43. The van der Waals surface area contributed by atoms with Gasteiger partial charge in [0.05, 0.1) is 6.54 Å². The first-order valence-corrected chi connectivity index (χ1v) is 7.70. The maximum absolute atomic E-state index is 12.5. The van der Waals surface area contributed by atoms with Gasteiger partial charge in [-0.05, 0) is 47.6 Å². The van der Waals surface area contributed by atoms with E-state index in [1.807, 2.05) is 18.2 Å². The number of aromatic hydroxyl groups is 1. The highest BCUT2D eigenvalue weighted by Crippen LogP contribution is 2.22. The number of hydrogen-bond donors (Lipinski definition) is 2. The highest BCUT2D eigenvalue weighted by atomic mass is 35.5. The van der Waals surface area contributed by atoms with Gasteiger partial charge in [0.1, 0.15) is 11.4 Å². The number of phenolic OH excluding ortho intramolecular Hbond substituents is 1. The second kappa shape index (κ2) is 6.40. The van der Waals surface area contributed by atoms with Gasteiger partial charge in [0, 0.05) is 5.02 Å². The fourth-order valence-corrected chi connectivity index (χ4v) is 2.75. The highest BCUT2D eigenvalue weighted by Gasteiger charge is 2.30. The van der Waals surface area contributed by atoms with Gasteiger partial charge in [-0.15, -0.1) is 0 Å². The van der Waals surface area contributed by atoms with Crippen LogP contribution in [0.2, 0.25) is 5.02 Å². The molecular weight excluding hydrogens is 332 g/mol. The molecule has 0 spiro atoms. The van der Waals surface area contributed by atoms with Gasteiger partial charge in [0.15, 0.2) is 5.11 Å². The molecule has 1 aliphatic heterocycles. The molecular formula is C17H13ClN2O2S. The number of hydrogen-bond acceptors (Lipinski definition) is 3. The van der Waals surface area contributed by atoms with Crippen molar-refractivity contribution < 1.29 is 9.90 Å². The average Bonchev–Trinajstić information content (AvgIpc) is 2.77. The standard InChI is InChI=1S/C17H13ClN2O2S/c18-14-7-2-1-5-12(14)10-20-16(22)15(19-17(20)23)9-11-4-3-6-13(21)8-11/h1-9,21H,10H2,(H,19,23)/b15-9-. The molecule has 1 amide bonds. The van der Waals surface area contributed by atoms with E-state index in [0.29, 0.717) is 27.9 Å². The number of nitrogens with zero attached hydrogens (tertiary/aromatic N) is 1. The Morgan fingerprint density at radius 2 is 2.00 bits per heavy atom. The molecule has 3 rings (SSSR count). The minimum Gasteiger partial charge on any atom is -0.508 e. The number of carbonyl (C=O) groups excluding carboxylic acids is 1. The number of nitrogens with one attached hydrogen (secondary N) is 1. The van der Waals surface area contributed by atoms with E-state index in [2.05, 4.69) is 5.32 Å². The fourth-order valence-electron chi connectivity index (χ4n) is 2.29. The molecule has 0 radical (unpaired) electrons. The number of carbonyl (C=O) groups is 1. The minimum absolute atomic E-state index is 0.139. The SMILES string of the molecule is O=C1/C(=C/c2cccc(O)c2)NC(=S)N1Cc1ccccc1Cl. The fraction of sp³-hybridized carbons (Fsp3) is 0.0588. The van der Waals surface area contributed by atoms with E-state index in [0.717, 1.165) is 5.56 Å². The highest BCUT2D eigenvalue weighted by molar-refractivity contribution is 7.80. The molecule has 1 saturated heterocycles. The largest absolute Gasteiger partial charge is 0.508 e. The molecule has 4 nitrogen and oxygen atoms in total. The van der Waals surface area contributed by atoms with E-state index in [-0.39, 0.29) is 11.7 Å². The van der Waals surface area contributed by atoms with E-state index in [9.17, 15) is 9.90 Å². The van der Waals surface area contributed by atoms with Gasteiger partial charge in [-0.3, -0.25) is 9.69 Å². The van der Waals surface area contributed by atoms with E-state index in [1.54, 1.807) is 36.4 Å². The van der Waals surface area contributed by atoms with Crippen molar-refractivity contribution in [3.63, 3.8) is 0 Å². The van der Waals surface area contributed by atoms with Crippen molar-refractivity contribution in [1.82, 2.24) is 10.2 Å². The Morgan fingerprint density at radius 1 is 1.22 bits per heavy atom. The number of thiocarbonyl (C=S) groups is 1. The Hall–Kier alpha value is -2.37. The lowest BCUT2D eigenvalue weighted by Crippen LogP contribution is -2.30. The molecule has 0 aliphatic carbocycles. The Kier molecular flexibility index (Phi) is 4.32. The summed E-state index contributed by atoms with van der Waals surface area (Å²) in [5, 5.41) is 13.3. The summed E-state index contributed by atoms with van der Waals surface area (Å²) in [6.07, 6.45) is 1.65. The third kappa shape index (κ3) is 3.36. The summed E-state index contributed by atoms with van der Waals surface area (Å²) in [5.74, 6) is -0.0847. The van der Waals surface area contributed by atoms with Gasteiger partial charge < -0.3 is 10.4 Å². The monoisotopic (exact) mass is 344 g/mol. The number of amides is 1. The summed E-state index contributed by atoms with van der Waals surface area (Å²) in [4.78, 5) is 14.0. The maximum Gasteiger partial charge on any atom is 0.276 e. The van der Waals surface area contributed by atoms with Crippen LogP contribution in [0.5, 0.6) is 5.75 Å². The van der Waals surface area contributed by atoms with E-state index in [1.165, 1.54) is 4.90 Å². The van der Waals surface area contributed by atoms with E-state index in [4.69, 9.17) is 23.8 Å². The summed E-state index contributed by atoms with van der Waals surface area (Å²) in [6.45, 7) is 0.307. The Balaban J connectivity index is 1.84. The summed E-state index contributed by atoms with van der Waals surface area (Å²) in [7, 11) is 0. The lowest BCUT2D eigenvalue weighted by Gasteiger charge is -2.14. The summed E-state index contributed by atoms with van der Waals surface area (Å²) >= 11 is 11.4. The number of halogens is 1. The second-order valence-electron chi connectivity index (χ2n) is 5.07. The molecule has 1 heterocycles. The van der Waals surface area contributed by atoms with Gasteiger partial charge in [-0.25, -0.2) is 0 Å². The van der Waals surface area contributed by atoms with Crippen LogP contribution in [0.15, 0.2) is 54.2 Å². The minimum atomic E-state index is -0.224. The number of rotatable bonds is 3. The first-order chi connectivity index (χ1) is 11.0. The van der Waals surface area contributed by atoms with Gasteiger partial charge in [0.25, 0.3) is 5.91 Å². The van der Waals surface area contributed by atoms with Crippen LogP contribution in [-0.4, -0.2) is 21.0 Å². The van der Waals surface area contributed by atoms with Crippen LogP contribution >= 0.6 is 23.8 Å². The third-order valence-corrected chi connectivity index (χ3v) is 4.12. The molecule has 0 unspecified atom stereocenters. The van der Waals surface area contributed by atoms with Crippen molar-refractivity contribution in [2.24, 2.45) is 0 Å². The van der Waals surface area contributed by atoms with Crippen LogP contribution in [0.4, 0.5) is 0 Å². The number of benzene rings is 2. The van der Waals surface area contributed by atoms with E-state index >= 15 is 0 Å². The van der Waals surface area contributed by atoms with Crippen molar-refractivity contribution in [2.75, 3.05) is 0 Å². The van der Waals surface area contributed by atoms with Gasteiger partial charge in [0.2, 0.25) is 0 Å². The van der Waals surface area contributed by atoms with E-state index < -0.39 is 0 Å². The molecule has 116 valence electrons. The molecule has 23 heavy (non-hydrogen) atoms. The predicted octanol–water partition coefficient (Wildman–Crippen LogP) is 3.30.